The molecule has 0 radical (unpaired) electrons. The van der Waals surface area contributed by atoms with E-state index in [4.69, 9.17) is 38.1 Å². The molecule has 1 aromatic carbocycles. The minimum Gasteiger partial charge on any atom is -0.466 e. The number of nitrogens with zero attached hydrogens (tertiary/aromatic N) is 2. The average Bonchev–Trinajstić information content (AvgIpc) is 3.19. The second kappa shape index (κ2) is 28.4. The van der Waals surface area contributed by atoms with Crippen molar-refractivity contribution in [1.82, 2.24) is 0 Å². The minimum atomic E-state index is -0.862. The lowest BCUT2D eigenvalue weighted by molar-refractivity contribution is -0.544. The van der Waals surface area contributed by atoms with Gasteiger partial charge in [0, 0.05) is 38.4 Å². The molecule has 0 amide bonds. The molecule has 1 aromatic rings. The van der Waals surface area contributed by atoms with E-state index >= 15 is 0 Å². The van der Waals surface area contributed by atoms with Crippen LogP contribution in [0.25, 0.3) is 0 Å². The molecular formula is C45H70N2O14S. The Morgan fingerprint density at radius 3 is 1.60 bits per heavy atom. The summed E-state index contributed by atoms with van der Waals surface area (Å²) in [4.78, 5) is 82.1. The molecule has 1 saturated carbocycles. The third-order valence-electron chi connectivity index (χ3n) is 11.0. The molecule has 17 heteroatoms. The van der Waals surface area contributed by atoms with Crippen LogP contribution in [-0.4, -0.2) is 89.1 Å². The van der Waals surface area contributed by atoms with E-state index in [-0.39, 0.29) is 94.3 Å². The number of thioether (sulfide) groups is 1. The van der Waals surface area contributed by atoms with Gasteiger partial charge >= 0.3 is 24.2 Å². The molecule has 1 fully saturated rings. The number of hydrogen-bond donors (Lipinski definition) is 0. The summed E-state index contributed by atoms with van der Waals surface area (Å²) in [6.45, 7) is 26.3. The Morgan fingerprint density at radius 1 is 0.742 bits per heavy atom. The van der Waals surface area contributed by atoms with E-state index in [1.165, 1.54) is 0 Å². The van der Waals surface area contributed by atoms with Gasteiger partial charge in [0.1, 0.15) is 0 Å². The highest BCUT2D eigenvalue weighted by Gasteiger charge is 2.57. The van der Waals surface area contributed by atoms with Gasteiger partial charge in [0.25, 0.3) is 0 Å². The van der Waals surface area contributed by atoms with Crippen molar-refractivity contribution in [2.24, 2.45) is 28.6 Å². The Hall–Kier alpha value is -4.27. The van der Waals surface area contributed by atoms with Crippen molar-refractivity contribution in [3.05, 3.63) is 61.7 Å². The molecule has 0 bridgehead atoms. The van der Waals surface area contributed by atoms with E-state index in [1.807, 2.05) is 86.6 Å². The Kier molecular flexibility index (Phi) is 26.5. The van der Waals surface area contributed by atoms with Crippen molar-refractivity contribution >= 4 is 36.0 Å². The number of aryl methyl sites for hydroxylation is 1. The second-order valence-electron chi connectivity index (χ2n) is 17.3. The first-order chi connectivity index (χ1) is 29.0. The first-order valence-electron chi connectivity index (χ1n) is 21.4. The highest BCUT2D eigenvalue weighted by atomic mass is 32.2. The molecule has 2 aliphatic rings. The van der Waals surface area contributed by atoms with Gasteiger partial charge in [-0.15, -0.1) is 11.8 Å². The summed E-state index contributed by atoms with van der Waals surface area (Å²) in [6, 6.07) is 6.46. The van der Waals surface area contributed by atoms with Crippen molar-refractivity contribution < 1.29 is 57.6 Å². The Balaban J connectivity index is 0.00000110. The van der Waals surface area contributed by atoms with Crippen LogP contribution in [-0.2, 0) is 47.7 Å². The zero-order chi connectivity index (χ0) is 48.0. The van der Waals surface area contributed by atoms with Gasteiger partial charge in [0.2, 0.25) is 12.1 Å². The molecule has 0 N–H and O–H groups in total. The van der Waals surface area contributed by atoms with Gasteiger partial charge in [0.15, 0.2) is 0 Å². The Morgan fingerprint density at radius 2 is 1.19 bits per heavy atom. The maximum Gasteiger partial charge on any atom is 0.373 e. The second-order valence-corrected chi connectivity index (χ2v) is 18.6. The van der Waals surface area contributed by atoms with Crippen molar-refractivity contribution in [1.29, 1.82) is 0 Å². The fourth-order valence-electron chi connectivity index (χ4n) is 8.17. The molecule has 3 rings (SSSR count). The molecule has 8 atom stereocenters. The van der Waals surface area contributed by atoms with Crippen LogP contribution in [0.5, 0.6) is 0 Å². The minimum absolute atomic E-state index is 0.0145. The summed E-state index contributed by atoms with van der Waals surface area (Å²) in [5.74, 6) is -2.07. The van der Waals surface area contributed by atoms with E-state index in [0.29, 0.717) is 5.57 Å². The highest BCUT2D eigenvalue weighted by molar-refractivity contribution is 8.00. The Bertz CT molecular complexity index is 1620. The van der Waals surface area contributed by atoms with E-state index in [1.54, 1.807) is 31.7 Å². The predicted molar refractivity (Wildman–Crippen MR) is 231 cm³/mol. The maximum atomic E-state index is 13.0. The topological polar surface area (TPSA) is 226 Å². The summed E-state index contributed by atoms with van der Waals surface area (Å²) in [5.41, 5.74) is 0.839. The standard InChI is InChI=1S/C25H39NO5S.C18H31NO5.2CO2/c1-8-17(9-2)31-22-21(25(5,6)7)20(26(28)29)15-19(24(27)30-10-3)23(22)32-18-13-11-16(4)12-14-18;1-7-13(8-2)24-15-11-12(17(20)23-9-3)10-14(19(21)22)16(15)18(4,5)6;2*2-1-3/h11-14,17,19-23H,8-10,15H2,1-7H3;11,13-16H,7-10H2,1-6H3;;/t19?,20?,21-,22+,23?;14-,15+,16+;;/m10../s1. The molecule has 62 heavy (non-hydrogen) atoms. The van der Waals surface area contributed by atoms with Crippen LogP contribution in [0.1, 0.15) is 127 Å². The fraction of sp³-hybridized carbons (Fsp3) is 0.733. The van der Waals surface area contributed by atoms with E-state index in [0.717, 1.165) is 36.1 Å². The molecule has 2 aliphatic carbocycles. The summed E-state index contributed by atoms with van der Waals surface area (Å²) in [7, 11) is 0. The lowest BCUT2D eigenvalue weighted by Gasteiger charge is -2.48. The van der Waals surface area contributed by atoms with Crippen molar-refractivity contribution in [3.63, 3.8) is 0 Å². The molecule has 350 valence electrons. The number of esters is 2. The maximum absolute atomic E-state index is 13.0. The number of nitro groups is 2. The van der Waals surface area contributed by atoms with Gasteiger partial charge in [-0.3, -0.25) is 25.0 Å². The van der Waals surface area contributed by atoms with Crippen LogP contribution >= 0.6 is 11.8 Å². The third kappa shape index (κ3) is 18.2. The quantitative estimate of drug-likeness (QED) is 0.0861. The van der Waals surface area contributed by atoms with Crippen molar-refractivity contribution in [2.75, 3.05) is 13.2 Å². The molecule has 0 aromatic heterocycles. The van der Waals surface area contributed by atoms with Crippen LogP contribution in [0.3, 0.4) is 0 Å². The van der Waals surface area contributed by atoms with E-state index in [2.05, 4.69) is 13.8 Å². The molecule has 0 heterocycles. The molecular weight excluding hydrogens is 825 g/mol. The molecule has 0 aliphatic heterocycles. The smallest absolute Gasteiger partial charge is 0.373 e. The van der Waals surface area contributed by atoms with Crippen LogP contribution < -0.4 is 0 Å². The zero-order valence-electron chi connectivity index (χ0n) is 38.8. The highest BCUT2D eigenvalue weighted by Crippen LogP contribution is 2.49. The fourth-order valence-corrected chi connectivity index (χ4v) is 9.53. The van der Waals surface area contributed by atoms with Crippen LogP contribution in [0.15, 0.2) is 40.8 Å². The number of carbonyl (C=O) groups excluding carboxylic acids is 6. The van der Waals surface area contributed by atoms with Crippen LogP contribution in [0.4, 0.5) is 0 Å². The number of hydrogen-bond acceptors (Lipinski definition) is 15. The van der Waals surface area contributed by atoms with Gasteiger partial charge in [-0.05, 0) is 75.5 Å². The van der Waals surface area contributed by atoms with Crippen molar-refractivity contribution in [2.45, 2.75) is 175 Å². The third-order valence-corrected chi connectivity index (χ3v) is 12.4. The molecule has 3 unspecified atom stereocenters. The van der Waals surface area contributed by atoms with Gasteiger partial charge in [-0.25, -0.2) is 4.79 Å². The molecule has 16 nitrogen and oxygen atoms in total. The first-order valence-corrected chi connectivity index (χ1v) is 22.2. The van der Waals surface area contributed by atoms with Gasteiger partial charge in [-0.1, -0.05) is 86.9 Å². The zero-order valence-corrected chi connectivity index (χ0v) is 39.7. The van der Waals surface area contributed by atoms with Gasteiger partial charge in [-0.2, -0.15) is 19.2 Å². The van der Waals surface area contributed by atoms with Gasteiger partial charge in [0.05, 0.1) is 55.4 Å². The van der Waals surface area contributed by atoms with Crippen LogP contribution in [0, 0.1) is 55.7 Å². The normalized spacial score (nSPS) is 23.3. The summed E-state index contributed by atoms with van der Waals surface area (Å²) in [6.07, 6.45) is 4.92. The van der Waals surface area contributed by atoms with Gasteiger partial charge < -0.3 is 18.9 Å². The monoisotopic (exact) mass is 894 g/mol. The number of ether oxygens (including phenoxy) is 4. The first kappa shape index (κ1) is 57.7. The summed E-state index contributed by atoms with van der Waals surface area (Å²) >= 11 is 1.59. The molecule has 0 saturated heterocycles. The van der Waals surface area contributed by atoms with Crippen LogP contribution in [0.2, 0.25) is 0 Å². The number of carbonyl (C=O) groups is 2. The number of rotatable bonds is 16. The largest absolute Gasteiger partial charge is 0.466 e. The lowest BCUT2D eigenvalue weighted by atomic mass is 9.65. The Labute approximate surface area is 371 Å². The van der Waals surface area contributed by atoms with Crippen molar-refractivity contribution in [3.8, 4) is 0 Å². The average molecular weight is 895 g/mol. The summed E-state index contributed by atoms with van der Waals surface area (Å²) < 4.78 is 23.3. The lowest BCUT2D eigenvalue weighted by Crippen LogP contribution is -2.59. The SMILES string of the molecule is CCOC(=O)C1=C[C@@H](OC(CC)CC)[C@H](C(C)(C)C)[C@@H]([N+](=O)[O-])C1.CCOC(=O)C1CC([N+](=O)[O-])[C@@H](C(C)(C)C)[C@H](OC(CC)CC)C1Sc1ccc(C)cc1.O=C=O.O=C=O. The predicted octanol–water partition coefficient (Wildman–Crippen LogP) is 8.51. The molecule has 0 spiro atoms. The van der Waals surface area contributed by atoms with E-state index in [9.17, 15) is 29.8 Å². The number of benzene rings is 1. The summed E-state index contributed by atoms with van der Waals surface area (Å²) in [5, 5.41) is 23.6. The van der Waals surface area contributed by atoms with E-state index < -0.39 is 36.2 Å².